The van der Waals surface area contributed by atoms with Gasteiger partial charge in [0.05, 0.1) is 18.3 Å². The third kappa shape index (κ3) is 1.97. The Morgan fingerprint density at radius 3 is 2.61 bits per heavy atom. The number of anilines is 1. The normalized spacial score (nSPS) is 16.9. The Bertz CT molecular complexity index is 535. The van der Waals surface area contributed by atoms with Crippen molar-refractivity contribution in [2.75, 3.05) is 12.0 Å². The van der Waals surface area contributed by atoms with Gasteiger partial charge >= 0.3 is 0 Å². The van der Waals surface area contributed by atoms with Crippen LogP contribution in [0.2, 0.25) is 0 Å². The first-order valence-electron chi connectivity index (χ1n) is 5.84. The van der Waals surface area contributed by atoms with Crippen molar-refractivity contribution < 1.29 is 4.74 Å². The summed E-state index contributed by atoms with van der Waals surface area (Å²) in [6.07, 6.45) is 2.17. The molecule has 0 atom stereocenters. The summed E-state index contributed by atoms with van der Waals surface area (Å²) >= 11 is 5.18. The number of ether oxygens (including phenoxy) is 1. The summed E-state index contributed by atoms with van der Waals surface area (Å²) in [5.74, 6) is 0.837. The molecule has 0 amide bonds. The van der Waals surface area contributed by atoms with E-state index in [9.17, 15) is 0 Å². The molecule has 96 valence electrons. The predicted molar refractivity (Wildman–Crippen MR) is 80.0 cm³/mol. The fourth-order valence-electron chi connectivity index (χ4n) is 2.54. The lowest BCUT2D eigenvalue weighted by atomic mass is 9.89. The number of methoxy groups -OCH3 is 1. The zero-order valence-electron chi connectivity index (χ0n) is 11.2. The van der Waals surface area contributed by atoms with Crippen LogP contribution in [0.3, 0.4) is 0 Å². The summed E-state index contributed by atoms with van der Waals surface area (Å²) in [6.45, 7) is 6.29. The predicted octanol–water partition coefficient (Wildman–Crippen LogP) is 2.94. The fourth-order valence-corrected chi connectivity index (χ4v) is 2.87. The van der Waals surface area contributed by atoms with E-state index in [2.05, 4.69) is 26.8 Å². The number of hydrogen-bond acceptors (Lipinski definition) is 2. The van der Waals surface area contributed by atoms with Crippen molar-refractivity contribution in [2.45, 2.75) is 26.3 Å². The first-order chi connectivity index (χ1) is 8.36. The maximum absolute atomic E-state index is 5.87. The minimum atomic E-state index is -0.211. The van der Waals surface area contributed by atoms with Gasteiger partial charge < -0.3 is 15.4 Å². The van der Waals surface area contributed by atoms with E-state index in [4.69, 9.17) is 22.7 Å². The molecule has 0 unspecified atom stereocenters. The molecule has 18 heavy (non-hydrogen) atoms. The SMILES string of the molecule is COc1ccc2c(c1)C(C)=CC(C)(C)N2C(N)=S. The molecule has 1 heterocycles. The van der Waals surface area contributed by atoms with Crippen molar-refractivity contribution in [2.24, 2.45) is 5.73 Å². The van der Waals surface area contributed by atoms with Gasteiger partial charge in [-0.1, -0.05) is 6.08 Å². The largest absolute Gasteiger partial charge is 0.497 e. The molecular formula is C14H18N2OS. The average molecular weight is 262 g/mol. The van der Waals surface area contributed by atoms with Gasteiger partial charge in [-0.15, -0.1) is 0 Å². The number of fused-ring (bicyclic) bond motifs is 1. The van der Waals surface area contributed by atoms with Crippen molar-refractivity contribution in [1.82, 2.24) is 0 Å². The first kappa shape index (κ1) is 12.9. The van der Waals surface area contributed by atoms with Gasteiger partial charge in [-0.2, -0.15) is 0 Å². The minimum absolute atomic E-state index is 0.211. The van der Waals surface area contributed by atoms with Crippen molar-refractivity contribution in [3.63, 3.8) is 0 Å². The van der Waals surface area contributed by atoms with Crippen LogP contribution in [-0.4, -0.2) is 17.8 Å². The maximum atomic E-state index is 5.87. The highest BCUT2D eigenvalue weighted by atomic mass is 32.1. The number of nitrogens with two attached hydrogens (primary N) is 1. The quantitative estimate of drug-likeness (QED) is 0.790. The Kier molecular flexibility index (Phi) is 3.07. The van der Waals surface area contributed by atoms with Gasteiger partial charge in [0, 0.05) is 5.56 Å². The Hall–Kier alpha value is -1.55. The van der Waals surface area contributed by atoms with E-state index in [0.29, 0.717) is 5.11 Å². The van der Waals surface area contributed by atoms with Gasteiger partial charge in [-0.25, -0.2) is 0 Å². The average Bonchev–Trinajstić information content (AvgIpc) is 2.26. The summed E-state index contributed by atoms with van der Waals surface area (Å²) in [6, 6.07) is 5.95. The Balaban J connectivity index is 2.65. The van der Waals surface area contributed by atoms with E-state index >= 15 is 0 Å². The molecule has 1 aromatic carbocycles. The van der Waals surface area contributed by atoms with Gasteiger partial charge in [-0.05, 0) is 56.8 Å². The molecule has 0 radical (unpaired) electrons. The van der Waals surface area contributed by atoms with Crippen LogP contribution in [0, 0.1) is 0 Å². The van der Waals surface area contributed by atoms with E-state index in [1.165, 1.54) is 5.57 Å². The number of thiocarbonyl (C=S) groups is 1. The molecule has 2 N–H and O–H groups in total. The van der Waals surface area contributed by atoms with Crippen LogP contribution >= 0.6 is 12.2 Å². The lowest BCUT2D eigenvalue weighted by Crippen LogP contribution is -2.51. The van der Waals surface area contributed by atoms with Crippen LogP contribution in [-0.2, 0) is 0 Å². The first-order valence-corrected chi connectivity index (χ1v) is 6.25. The van der Waals surface area contributed by atoms with Crippen molar-refractivity contribution in [3.8, 4) is 5.75 Å². The number of allylic oxidation sites excluding steroid dienone is 1. The standard InChI is InChI=1S/C14H18N2OS/c1-9-8-14(2,3)16(13(15)18)12-6-5-10(17-4)7-11(9)12/h5-8H,1-4H3,(H2,15,18). The number of nitrogens with zero attached hydrogens (tertiary/aromatic N) is 1. The van der Waals surface area contributed by atoms with Crippen LogP contribution in [0.5, 0.6) is 5.75 Å². The molecule has 4 heteroatoms. The fraction of sp³-hybridized carbons (Fsp3) is 0.357. The van der Waals surface area contributed by atoms with Gasteiger partial charge in [0.2, 0.25) is 0 Å². The van der Waals surface area contributed by atoms with Crippen molar-refractivity contribution in [1.29, 1.82) is 0 Å². The topological polar surface area (TPSA) is 38.5 Å². The number of rotatable bonds is 1. The zero-order valence-corrected chi connectivity index (χ0v) is 12.0. The van der Waals surface area contributed by atoms with Crippen LogP contribution in [0.15, 0.2) is 24.3 Å². The van der Waals surface area contributed by atoms with E-state index in [1.807, 2.05) is 23.1 Å². The molecule has 0 fully saturated rings. The van der Waals surface area contributed by atoms with Crippen LogP contribution in [0.1, 0.15) is 26.3 Å². The van der Waals surface area contributed by atoms with Crippen molar-refractivity contribution >= 4 is 28.6 Å². The van der Waals surface area contributed by atoms with Gasteiger partial charge in [-0.3, -0.25) is 0 Å². The second kappa shape index (κ2) is 4.28. The highest BCUT2D eigenvalue weighted by Gasteiger charge is 2.33. The minimum Gasteiger partial charge on any atom is -0.497 e. The van der Waals surface area contributed by atoms with Crippen molar-refractivity contribution in [3.05, 3.63) is 29.8 Å². The van der Waals surface area contributed by atoms with Gasteiger partial charge in [0.15, 0.2) is 5.11 Å². The molecule has 2 rings (SSSR count). The summed E-state index contributed by atoms with van der Waals surface area (Å²) in [5, 5.41) is 0.384. The van der Waals surface area contributed by atoms with Gasteiger partial charge in [0.1, 0.15) is 5.75 Å². The van der Waals surface area contributed by atoms with E-state index in [1.54, 1.807) is 7.11 Å². The summed E-state index contributed by atoms with van der Waals surface area (Å²) < 4.78 is 5.27. The van der Waals surface area contributed by atoms with Crippen LogP contribution in [0.4, 0.5) is 5.69 Å². The lowest BCUT2D eigenvalue weighted by Gasteiger charge is -2.42. The second-order valence-electron chi connectivity index (χ2n) is 5.04. The molecule has 0 saturated carbocycles. The third-order valence-electron chi connectivity index (χ3n) is 3.24. The summed E-state index contributed by atoms with van der Waals surface area (Å²) in [4.78, 5) is 1.98. The number of benzene rings is 1. The Labute approximate surface area is 113 Å². The second-order valence-corrected chi connectivity index (χ2v) is 5.46. The third-order valence-corrected chi connectivity index (χ3v) is 3.42. The molecular weight excluding hydrogens is 244 g/mol. The molecule has 0 aromatic heterocycles. The molecule has 3 nitrogen and oxygen atoms in total. The smallest absolute Gasteiger partial charge is 0.171 e. The molecule has 0 saturated heterocycles. The maximum Gasteiger partial charge on any atom is 0.171 e. The number of hydrogen-bond donors (Lipinski definition) is 1. The Morgan fingerprint density at radius 2 is 2.06 bits per heavy atom. The lowest BCUT2D eigenvalue weighted by molar-refractivity contribution is 0.414. The Morgan fingerprint density at radius 1 is 1.39 bits per heavy atom. The monoisotopic (exact) mass is 262 g/mol. The van der Waals surface area contributed by atoms with Crippen LogP contribution in [0.25, 0.3) is 5.57 Å². The highest BCUT2D eigenvalue weighted by molar-refractivity contribution is 7.80. The van der Waals surface area contributed by atoms with E-state index in [0.717, 1.165) is 17.0 Å². The summed E-state index contributed by atoms with van der Waals surface area (Å²) in [7, 11) is 1.67. The van der Waals surface area contributed by atoms with Gasteiger partial charge in [0.25, 0.3) is 0 Å². The van der Waals surface area contributed by atoms with Crippen LogP contribution < -0.4 is 15.4 Å². The van der Waals surface area contributed by atoms with E-state index in [-0.39, 0.29) is 5.54 Å². The summed E-state index contributed by atoms with van der Waals surface area (Å²) in [5.41, 5.74) is 9.02. The molecule has 1 aromatic rings. The highest BCUT2D eigenvalue weighted by Crippen LogP contribution is 2.40. The van der Waals surface area contributed by atoms with E-state index < -0.39 is 0 Å². The molecule has 0 bridgehead atoms. The molecule has 0 spiro atoms. The molecule has 0 aliphatic carbocycles. The molecule has 1 aliphatic rings. The zero-order chi connectivity index (χ0) is 13.5. The molecule has 1 aliphatic heterocycles.